The Labute approximate surface area is 168 Å². The first-order valence-electron chi connectivity index (χ1n) is 9.94. The van der Waals surface area contributed by atoms with Crippen LogP contribution < -0.4 is 0 Å². The zero-order chi connectivity index (χ0) is 20.5. The normalized spacial score (nSPS) is 17.5. The minimum atomic E-state index is -4.40. The van der Waals surface area contributed by atoms with Crippen LogP contribution in [0.5, 0.6) is 0 Å². The van der Waals surface area contributed by atoms with Crippen molar-refractivity contribution in [1.82, 2.24) is 4.90 Å². The molecule has 3 aromatic rings. The second kappa shape index (κ2) is 7.81. The largest absolute Gasteiger partial charge is 0.416 e. The van der Waals surface area contributed by atoms with Gasteiger partial charge in [0, 0.05) is 19.6 Å². The Kier molecular flexibility index (Phi) is 5.36. The van der Waals surface area contributed by atoms with Crippen LogP contribution in [0.2, 0.25) is 0 Å². The Bertz CT molecular complexity index is 991. The van der Waals surface area contributed by atoms with Crippen molar-refractivity contribution in [3.8, 4) is 0 Å². The summed E-state index contributed by atoms with van der Waals surface area (Å²) in [5, 5.41) is 13.4. The zero-order valence-electron chi connectivity index (χ0n) is 16.1. The Morgan fingerprint density at radius 3 is 2.48 bits per heavy atom. The standard InChI is InChI=1S/C24H24F3NO/c25-24(26,27)22-7-3-6-21(17-22)23(29)11-14-28(15-12-23)13-10-18-8-9-19-4-1-2-5-20(19)16-18/h1-9,16-17,29H,10-15H2/i3+2,6+2,7+2,17+2,21+2,22+2. The molecular formula is C24H24F3NO. The van der Waals surface area contributed by atoms with E-state index in [1.807, 2.05) is 12.1 Å². The van der Waals surface area contributed by atoms with Gasteiger partial charge in [0.25, 0.3) is 0 Å². The lowest BCUT2D eigenvalue weighted by atomic mass is 10.00. The quantitative estimate of drug-likeness (QED) is 0.623. The van der Waals surface area contributed by atoms with E-state index in [0.29, 0.717) is 31.5 Å². The molecule has 0 bridgehead atoms. The number of likely N-dealkylation sites (tertiary alicyclic amines) is 1. The maximum Gasteiger partial charge on any atom is 0.416 e. The molecule has 0 spiro atoms. The first-order valence-corrected chi connectivity index (χ1v) is 9.94. The van der Waals surface area contributed by atoms with Gasteiger partial charge in [0.15, 0.2) is 0 Å². The maximum absolute atomic E-state index is 13.0. The van der Waals surface area contributed by atoms with Gasteiger partial charge in [0.2, 0.25) is 0 Å². The number of alkyl halides is 3. The lowest BCUT2D eigenvalue weighted by Crippen LogP contribution is -2.43. The van der Waals surface area contributed by atoms with E-state index in [-0.39, 0.29) is 0 Å². The first-order chi connectivity index (χ1) is 13.8. The van der Waals surface area contributed by atoms with Crippen LogP contribution >= 0.6 is 0 Å². The van der Waals surface area contributed by atoms with Gasteiger partial charge in [-0.25, -0.2) is 0 Å². The molecule has 5 heteroatoms. The van der Waals surface area contributed by atoms with Crippen LogP contribution in [0.25, 0.3) is 10.8 Å². The molecule has 0 amide bonds. The summed E-state index contributed by atoms with van der Waals surface area (Å²) in [6, 6.07) is 19.9. The molecule has 1 fully saturated rings. The summed E-state index contributed by atoms with van der Waals surface area (Å²) in [4.78, 5) is 2.28. The number of aliphatic hydroxyl groups is 1. The Morgan fingerprint density at radius 1 is 1.03 bits per heavy atom. The molecule has 1 N–H and O–H groups in total. The summed E-state index contributed by atoms with van der Waals surface area (Å²) in [5.74, 6) is 0. The molecule has 0 aliphatic carbocycles. The third-order valence-corrected chi connectivity index (χ3v) is 5.94. The molecule has 0 atom stereocenters. The fourth-order valence-electron chi connectivity index (χ4n) is 4.10. The van der Waals surface area contributed by atoms with Crippen LogP contribution in [0.3, 0.4) is 0 Å². The van der Waals surface area contributed by atoms with Gasteiger partial charge in [0.05, 0.1) is 11.2 Å². The van der Waals surface area contributed by atoms with Gasteiger partial charge in [-0.05, 0) is 53.3 Å². The van der Waals surface area contributed by atoms with Crippen molar-refractivity contribution in [2.24, 2.45) is 0 Å². The lowest BCUT2D eigenvalue weighted by molar-refractivity contribution is -0.137. The van der Waals surface area contributed by atoms with E-state index in [1.165, 1.54) is 22.4 Å². The third-order valence-electron chi connectivity index (χ3n) is 5.94. The van der Waals surface area contributed by atoms with Crippen molar-refractivity contribution in [3.63, 3.8) is 0 Å². The Morgan fingerprint density at radius 2 is 1.76 bits per heavy atom. The summed E-state index contributed by atoms with van der Waals surface area (Å²) in [6.07, 6.45) is -2.61. The highest BCUT2D eigenvalue weighted by molar-refractivity contribution is 5.82. The molecule has 0 radical (unpaired) electrons. The Balaban J connectivity index is 1.37. The van der Waals surface area contributed by atoms with Crippen LogP contribution in [0, 0.1) is 0 Å². The van der Waals surface area contributed by atoms with Crippen molar-refractivity contribution < 1.29 is 18.3 Å². The van der Waals surface area contributed by atoms with Crippen molar-refractivity contribution in [2.75, 3.05) is 19.6 Å². The molecule has 1 heterocycles. The first kappa shape index (κ1) is 19.9. The molecule has 29 heavy (non-hydrogen) atoms. The number of hydrogen-bond donors (Lipinski definition) is 1. The van der Waals surface area contributed by atoms with E-state index >= 15 is 0 Å². The van der Waals surface area contributed by atoms with Crippen molar-refractivity contribution in [3.05, 3.63) is 83.4 Å². The van der Waals surface area contributed by atoms with Gasteiger partial charge in [-0.1, -0.05) is 54.6 Å². The van der Waals surface area contributed by atoms with E-state index in [9.17, 15) is 18.3 Å². The molecule has 2 nitrogen and oxygen atoms in total. The molecule has 0 unspecified atom stereocenters. The van der Waals surface area contributed by atoms with Crippen LogP contribution in [0.15, 0.2) is 66.7 Å². The molecule has 152 valence electrons. The van der Waals surface area contributed by atoms with E-state index in [2.05, 4.69) is 35.2 Å². The van der Waals surface area contributed by atoms with Crippen LogP contribution in [0.1, 0.15) is 29.5 Å². The predicted molar refractivity (Wildman–Crippen MR) is 109 cm³/mol. The fourth-order valence-corrected chi connectivity index (χ4v) is 4.10. The summed E-state index contributed by atoms with van der Waals surface area (Å²) < 4.78 is 39.0. The second-order valence-electron chi connectivity index (χ2n) is 7.88. The predicted octanol–water partition coefficient (Wildman–Crippen LogP) is 5.38. The number of halogens is 3. The second-order valence-corrected chi connectivity index (χ2v) is 7.88. The summed E-state index contributed by atoms with van der Waals surface area (Å²) in [5.41, 5.74) is -0.271. The summed E-state index contributed by atoms with van der Waals surface area (Å²) >= 11 is 0. The van der Waals surface area contributed by atoms with E-state index in [4.69, 9.17) is 0 Å². The summed E-state index contributed by atoms with van der Waals surface area (Å²) in [6.45, 7) is 2.21. The van der Waals surface area contributed by atoms with Gasteiger partial charge in [-0.2, -0.15) is 13.2 Å². The number of hydrogen-bond acceptors (Lipinski definition) is 2. The van der Waals surface area contributed by atoms with Crippen molar-refractivity contribution in [2.45, 2.75) is 31.0 Å². The molecule has 4 rings (SSSR count). The topological polar surface area (TPSA) is 23.5 Å². The molecule has 1 saturated heterocycles. The SMILES string of the molecule is OC1([14c]2[14cH][14cH][14cH][14c](C(F)(F)F)[14cH]2)CCN(CCc2ccc3ccccc3c2)CC1. The molecule has 3 aromatic carbocycles. The Hall–Kier alpha value is -2.37. The zero-order valence-corrected chi connectivity index (χ0v) is 16.1. The van der Waals surface area contributed by atoms with Gasteiger partial charge >= 0.3 is 6.18 Å². The number of fused-ring (bicyclic) bond motifs is 1. The average Bonchev–Trinajstić information content (AvgIpc) is 2.73. The summed E-state index contributed by atoms with van der Waals surface area (Å²) in [7, 11) is 0. The highest BCUT2D eigenvalue weighted by Gasteiger charge is 2.36. The van der Waals surface area contributed by atoms with Gasteiger partial charge in [-0.15, -0.1) is 0 Å². The minimum absolute atomic E-state index is 0.363. The molecule has 0 aromatic heterocycles. The van der Waals surface area contributed by atoms with Crippen LogP contribution in [0.4, 0.5) is 13.2 Å². The third kappa shape index (κ3) is 4.46. The van der Waals surface area contributed by atoms with E-state index in [0.717, 1.165) is 25.1 Å². The molecule has 1 aliphatic heterocycles. The fraction of sp³-hybridized carbons (Fsp3) is 0.333. The van der Waals surface area contributed by atoms with Crippen LogP contribution in [-0.4, -0.2) is 29.6 Å². The number of nitrogens with zero attached hydrogens (tertiary/aromatic N) is 1. The highest BCUT2D eigenvalue weighted by atomic mass is 19.4. The van der Waals surface area contributed by atoms with Gasteiger partial charge in [0.1, 0.15) is 0 Å². The average molecular weight is 411 g/mol. The van der Waals surface area contributed by atoms with E-state index < -0.39 is 17.3 Å². The minimum Gasteiger partial charge on any atom is -0.385 e. The molecule has 0 saturated carbocycles. The van der Waals surface area contributed by atoms with Crippen molar-refractivity contribution in [1.29, 1.82) is 0 Å². The number of piperidine rings is 1. The van der Waals surface area contributed by atoms with Crippen molar-refractivity contribution >= 4 is 10.8 Å². The van der Waals surface area contributed by atoms with Crippen LogP contribution in [-0.2, 0) is 18.2 Å². The van der Waals surface area contributed by atoms with E-state index in [1.54, 1.807) is 6.07 Å². The number of rotatable bonds is 4. The monoisotopic (exact) mass is 411 g/mol. The smallest absolute Gasteiger partial charge is 0.385 e. The maximum atomic E-state index is 13.0. The molecule has 1 aliphatic rings. The van der Waals surface area contributed by atoms with Gasteiger partial charge < -0.3 is 10.0 Å². The molecular weight excluding hydrogens is 387 g/mol. The highest BCUT2D eigenvalue weighted by Crippen LogP contribution is 2.36. The van der Waals surface area contributed by atoms with Gasteiger partial charge in [-0.3, -0.25) is 0 Å². The number of benzene rings is 3. The lowest BCUT2D eigenvalue weighted by Gasteiger charge is -2.38.